The molecule has 0 spiro atoms. The van der Waals surface area contributed by atoms with Gasteiger partial charge in [-0.25, -0.2) is 0 Å². The molecule has 1 aliphatic rings. The van der Waals surface area contributed by atoms with Gasteiger partial charge < -0.3 is 10.1 Å². The van der Waals surface area contributed by atoms with Crippen LogP contribution in [0.25, 0.3) is 0 Å². The fourth-order valence-corrected chi connectivity index (χ4v) is 2.97. The molecule has 2 aromatic carbocycles. The van der Waals surface area contributed by atoms with E-state index in [-0.39, 0.29) is 11.9 Å². The van der Waals surface area contributed by atoms with Gasteiger partial charge in [0.1, 0.15) is 5.75 Å². The van der Waals surface area contributed by atoms with Crippen LogP contribution in [0.15, 0.2) is 48.5 Å². The Morgan fingerprint density at radius 1 is 1.12 bits per heavy atom. The molecule has 1 N–H and O–H groups in total. The van der Waals surface area contributed by atoms with E-state index in [1.165, 1.54) is 24.0 Å². The van der Waals surface area contributed by atoms with Crippen molar-refractivity contribution in [2.45, 2.75) is 38.6 Å². The van der Waals surface area contributed by atoms with Crippen molar-refractivity contribution in [3.63, 3.8) is 0 Å². The Morgan fingerprint density at radius 3 is 2.38 bits per heavy atom. The molecule has 1 unspecified atom stereocenters. The average molecular weight is 323 g/mol. The van der Waals surface area contributed by atoms with Crippen LogP contribution >= 0.6 is 0 Å². The summed E-state index contributed by atoms with van der Waals surface area (Å²) in [5.74, 6) is 1.57. The molecule has 24 heavy (non-hydrogen) atoms. The molecule has 0 aromatic heterocycles. The second-order valence-electron chi connectivity index (χ2n) is 6.64. The number of hydrogen-bond donors (Lipinski definition) is 1. The molecular formula is C21H25NO2. The van der Waals surface area contributed by atoms with Gasteiger partial charge in [0, 0.05) is 6.42 Å². The summed E-state index contributed by atoms with van der Waals surface area (Å²) in [6.45, 7) is 2.09. The molecule has 1 saturated carbocycles. The maximum absolute atomic E-state index is 12.4. The van der Waals surface area contributed by atoms with Gasteiger partial charge in [0.2, 0.25) is 5.91 Å². The fraction of sp³-hybridized carbons (Fsp3) is 0.381. The highest BCUT2D eigenvalue weighted by atomic mass is 16.5. The van der Waals surface area contributed by atoms with Crippen LogP contribution in [0, 0.1) is 12.8 Å². The summed E-state index contributed by atoms with van der Waals surface area (Å²) in [6.07, 6.45) is 3.68. The average Bonchev–Trinajstić information content (AvgIpc) is 3.44. The number of methoxy groups -OCH3 is 1. The van der Waals surface area contributed by atoms with Gasteiger partial charge in [-0.15, -0.1) is 0 Å². The zero-order valence-electron chi connectivity index (χ0n) is 14.4. The third kappa shape index (κ3) is 4.38. The summed E-state index contributed by atoms with van der Waals surface area (Å²) in [7, 11) is 1.66. The topological polar surface area (TPSA) is 38.3 Å². The molecule has 1 atom stereocenters. The largest absolute Gasteiger partial charge is 0.497 e. The number of amides is 1. The Kier molecular flexibility index (Phi) is 5.19. The van der Waals surface area contributed by atoms with E-state index in [0.29, 0.717) is 12.3 Å². The minimum Gasteiger partial charge on any atom is -0.497 e. The number of nitrogens with one attached hydrogen (secondary N) is 1. The van der Waals surface area contributed by atoms with Gasteiger partial charge in [-0.3, -0.25) is 4.79 Å². The standard InChI is InChI=1S/C21H25NO2/c1-15-3-8-17(9-4-15)21(18-10-11-18)22-20(23)14-7-16-5-12-19(24-2)13-6-16/h3-6,8-9,12-13,18,21H,7,10-11,14H2,1-2H3,(H,22,23). The van der Waals surface area contributed by atoms with Gasteiger partial charge in [0.15, 0.2) is 0 Å². The summed E-state index contributed by atoms with van der Waals surface area (Å²) in [6, 6.07) is 16.6. The first-order valence-electron chi connectivity index (χ1n) is 8.64. The van der Waals surface area contributed by atoms with Crippen LogP contribution in [0.4, 0.5) is 0 Å². The minimum absolute atomic E-state index is 0.128. The first-order valence-corrected chi connectivity index (χ1v) is 8.64. The predicted octanol–water partition coefficient (Wildman–Crippen LogP) is 4.20. The van der Waals surface area contributed by atoms with Crippen molar-refractivity contribution in [1.82, 2.24) is 5.32 Å². The van der Waals surface area contributed by atoms with E-state index in [9.17, 15) is 4.79 Å². The highest BCUT2D eigenvalue weighted by Crippen LogP contribution is 2.41. The van der Waals surface area contributed by atoms with Crippen molar-refractivity contribution in [3.8, 4) is 5.75 Å². The van der Waals surface area contributed by atoms with Gasteiger partial charge in [0.05, 0.1) is 13.2 Å². The monoisotopic (exact) mass is 323 g/mol. The Hall–Kier alpha value is -2.29. The predicted molar refractivity (Wildman–Crippen MR) is 96.1 cm³/mol. The summed E-state index contributed by atoms with van der Waals surface area (Å²) in [4.78, 5) is 12.4. The maximum Gasteiger partial charge on any atom is 0.220 e. The van der Waals surface area contributed by atoms with Crippen molar-refractivity contribution >= 4 is 5.91 Å². The number of ether oxygens (including phenoxy) is 1. The van der Waals surface area contributed by atoms with E-state index >= 15 is 0 Å². The molecule has 0 radical (unpaired) electrons. The van der Waals surface area contributed by atoms with Crippen LogP contribution in [0.1, 0.15) is 42.0 Å². The molecule has 3 heteroatoms. The molecule has 126 valence electrons. The Bertz CT molecular complexity index is 672. The Labute approximate surface area is 144 Å². The lowest BCUT2D eigenvalue weighted by Gasteiger charge is -2.19. The first kappa shape index (κ1) is 16.6. The molecule has 1 fully saturated rings. The summed E-state index contributed by atoms with van der Waals surface area (Å²) >= 11 is 0. The molecule has 3 nitrogen and oxygen atoms in total. The van der Waals surface area contributed by atoms with Crippen LogP contribution in [0.2, 0.25) is 0 Å². The number of hydrogen-bond acceptors (Lipinski definition) is 2. The number of carbonyl (C=O) groups is 1. The van der Waals surface area contributed by atoms with Crippen molar-refractivity contribution in [1.29, 1.82) is 0 Å². The molecular weight excluding hydrogens is 298 g/mol. The quantitative estimate of drug-likeness (QED) is 0.829. The summed E-state index contributed by atoms with van der Waals surface area (Å²) in [5, 5.41) is 3.24. The normalized spacial score (nSPS) is 14.9. The Morgan fingerprint density at radius 2 is 1.79 bits per heavy atom. The lowest BCUT2D eigenvalue weighted by Crippen LogP contribution is -2.30. The van der Waals surface area contributed by atoms with E-state index in [2.05, 4.69) is 36.5 Å². The lowest BCUT2D eigenvalue weighted by molar-refractivity contribution is -0.122. The summed E-state index contributed by atoms with van der Waals surface area (Å²) in [5.41, 5.74) is 3.63. The molecule has 0 bridgehead atoms. The highest BCUT2D eigenvalue weighted by Gasteiger charge is 2.33. The molecule has 0 aliphatic heterocycles. The second kappa shape index (κ2) is 7.52. The third-order valence-electron chi connectivity index (χ3n) is 4.65. The minimum atomic E-state index is 0.128. The SMILES string of the molecule is COc1ccc(CCC(=O)NC(c2ccc(C)cc2)C2CC2)cc1. The molecule has 1 amide bonds. The number of aryl methyl sites for hydroxylation is 2. The number of carbonyl (C=O) groups excluding carboxylic acids is 1. The van der Waals surface area contributed by atoms with Crippen LogP contribution in [-0.2, 0) is 11.2 Å². The van der Waals surface area contributed by atoms with Crippen LogP contribution < -0.4 is 10.1 Å². The van der Waals surface area contributed by atoms with Gasteiger partial charge in [-0.05, 0) is 55.4 Å². The van der Waals surface area contributed by atoms with Crippen LogP contribution in [0.3, 0.4) is 0 Å². The molecule has 3 rings (SSSR count). The Balaban J connectivity index is 1.56. The van der Waals surface area contributed by atoms with Crippen molar-refractivity contribution in [3.05, 3.63) is 65.2 Å². The smallest absolute Gasteiger partial charge is 0.220 e. The van der Waals surface area contributed by atoms with E-state index in [4.69, 9.17) is 4.74 Å². The van der Waals surface area contributed by atoms with E-state index in [1.807, 2.05) is 24.3 Å². The zero-order valence-corrected chi connectivity index (χ0v) is 14.4. The maximum atomic E-state index is 12.4. The van der Waals surface area contributed by atoms with E-state index < -0.39 is 0 Å². The molecule has 0 heterocycles. The van der Waals surface area contributed by atoms with Gasteiger partial charge >= 0.3 is 0 Å². The van der Waals surface area contributed by atoms with Crippen LogP contribution in [-0.4, -0.2) is 13.0 Å². The highest BCUT2D eigenvalue weighted by molar-refractivity contribution is 5.76. The number of rotatable bonds is 7. The zero-order chi connectivity index (χ0) is 16.9. The van der Waals surface area contributed by atoms with Gasteiger partial charge in [-0.1, -0.05) is 42.0 Å². The first-order chi connectivity index (χ1) is 11.7. The molecule has 2 aromatic rings. The fourth-order valence-electron chi connectivity index (χ4n) is 2.97. The number of benzene rings is 2. The van der Waals surface area contributed by atoms with Crippen LogP contribution in [0.5, 0.6) is 5.75 Å². The van der Waals surface area contributed by atoms with E-state index in [0.717, 1.165) is 17.7 Å². The van der Waals surface area contributed by atoms with Gasteiger partial charge in [-0.2, -0.15) is 0 Å². The van der Waals surface area contributed by atoms with Crippen molar-refractivity contribution in [2.75, 3.05) is 7.11 Å². The molecule has 0 saturated heterocycles. The van der Waals surface area contributed by atoms with Crippen molar-refractivity contribution in [2.24, 2.45) is 5.92 Å². The lowest BCUT2D eigenvalue weighted by atomic mass is 10.0. The van der Waals surface area contributed by atoms with E-state index in [1.54, 1.807) is 7.11 Å². The van der Waals surface area contributed by atoms with Crippen molar-refractivity contribution < 1.29 is 9.53 Å². The second-order valence-corrected chi connectivity index (χ2v) is 6.64. The molecule has 1 aliphatic carbocycles. The third-order valence-corrected chi connectivity index (χ3v) is 4.65. The van der Waals surface area contributed by atoms with Gasteiger partial charge in [0.25, 0.3) is 0 Å². The summed E-state index contributed by atoms with van der Waals surface area (Å²) < 4.78 is 5.16.